The highest BCUT2D eigenvalue weighted by Gasteiger charge is 2.18. The number of hydrogen-bond donors (Lipinski definition) is 1. The summed E-state index contributed by atoms with van der Waals surface area (Å²) in [5.41, 5.74) is 3.84. The van der Waals surface area contributed by atoms with Gasteiger partial charge in [-0.1, -0.05) is 18.2 Å². The molecule has 5 nitrogen and oxygen atoms in total. The summed E-state index contributed by atoms with van der Waals surface area (Å²) < 4.78 is 1.88. The fourth-order valence-electron chi connectivity index (χ4n) is 2.54. The molecule has 124 valence electrons. The van der Waals surface area contributed by atoms with E-state index in [2.05, 4.69) is 5.10 Å². The van der Waals surface area contributed by atoms with Crippen molar-refractivity contribution in [3.05, 3.63) is 47.3 Å². The molecule has 1 amide bonds. The lowest BCUT2D eigenvalue weighted by Gasteiger charge is -2.18. The monoisotopic (exact) mass is 315 g/mol. The number of aryl methyl sites for hydroxylation is 1. The maximum absolute atomic E-state index is 12.4. The number of aromatic nitrogens is 2. The molecule has 0 radical (unpaired) electrons. The van der Waals surface area contributed by atoms with E-state index in [1.54, 1.807) is 18.9 Å². The van der Waals surface area contributed by atoms with Crippen molar-refractivity contribution in [3.63, 3.8) is 0 Å². The van der Waals surface area contributed by atoms with Gasteiger partial charge in [0.25, 0.3) is 0 Å². The summed E-state index contributed by atoms with van der Waals surface area (Å²) in [7, 11) is 1.77. The van der Waals surface area contributed by atoms with Crippen LogP contribution in [0.3, 0.4) is 0 Å². The summed E-state index contributed by atoms with van der Waals surface area (Å²) in [5.74, 6) is 0.0458. The molecule has 5 heteroatoms. The van der Waals surface area contributed by atoms with Crippen LogP contribution in [-0.4, -0.2) is 45.4 Å². The zero-order chi connectivity index (χ0) is 17.0. The fourth-order valence-corrected chi connectivity index (χ4v) is 2.54. The molecule has 0 saturated heterocycles. The quantitative estimate of drug-likeness (QED) is 0.889. The van der Waals surface area contributed by atoms with Gasteiger partial charge in [0, 0.05) is 24.8 Å². The van der Waals surface area contributed by atoms with Crippen LogP contribution in [0.15, 0.2) is 30.3 Å². The highest BCUT2D eigenvalue weighted by molar-refractivity contribution is 5.79. The van der Waals surface area contributed by atoms with Crippen molar-refractivity contribution in [2.24, 2.45) is 0 Å². The minimum absolute atomic E-state index is 0.0458. The van der Waals surface area contributed by atoms with E-state index < -0.39 is 6.10 Å². The molecule has 2 aromatic rings. The van der Waals surface area contributed by atoms with E-state index in [4.69, 9.17) is 0 Å². The van der Waals surface area contributed by atoms with Gasteiger partial charge in [0.1, 0.15) is 0 Å². The summed E-state index contributed by atoms with van der Waals surface area (Å²) in [6, 6.07) is 9.91. The van der Waals surface area contributed by atoms with Gasteiger partial charge in [-0.05, 0) is 39.3 Å². The molecule has 0 saturated carbocycles. The van der Waals surface area contributed by atoms with Crippen molar-refractivity contribution in [1.29, 1.82) is 0 Å². The van der Waals surface area contributed by atoms with Crippen molar-refractivity contribution in [2.75, 3.05) is 13.6 Å². The van der Waals surface area contributed by atoms with Gasteiger partial charge in [0.05, 0.1) is 23.9 Å². The van der Waals surface area contributed by atoms with Gasteiger partial charge >= 0.3 is 0 Å². The third-order valence-electron chi connectivity index (χ3n) is 4.08. The molecule has 2 rings (SSSR count). The first-order valence-electron chi connectivity index (χ1n) is 7.92. The molecule has 0 aliphatic heterocycles. The summed E-state index contributed by atoms with van der Waals surface area (Å²) in [4.78, 5) is 14.1. The van der Waals surface area contributed by atoms with E-state index in [0.717, 1.165) is 22.6 Å². The van der Waals surface area contributed by atoms with Crippen molar-refractivity contribution in [2.45, 2.75) is 39.7 Å². The molecule has 0 bridgehead atoms. The van der Waals surface area contributed by atoms with E-state index in [1.165, 1.54) is 0 Å². The van der Waals surface area contributed by atoms with Crippen molar-refractivity contribution in [3.8, 4) is 5.69 Å². The van der Waals surface area contributed by atoms with Crippen molar-refractivity contribution >= 4 is 5.91 Å². The first-order chi connectivity index (χ1) is 10.9. The van der Waals surface area contributed by atoms with E-state index in [9.17, 15) is 9.90 Å². The molecule has 23 heavy (non-hydrogen) atoms. The number of rotatable bonds is 6. The number of aliphatic hydroxyl groups is 1. The normalized spacial score (nSPS) is 12.2. The molecule has 1 unspecified atom stereocenters. The van der Waals surface area contributed by atoms with Gasteiger partial charge < -0.3 is 10.0 Å². The number of amides is 1. The van der Waals surface area contributed by atoms with Gasteiger partial charge in [-0.2, -0.15) is 5.10 Å². The molecule has 0 aliphatic carbocycles. The Hall–Kier alpha value is -2.14. The second-order valence-corrected chi connectivity index (χ2v) is 6.03. The predicted molar refractivity (Wildman–Crippen MR) is 90.7 cm³/mol. The number of carbonyl (C=O) groups excluding carboxylic acids is 1. The maximum atomic E-state index is 12.4. The minimum Gasteiger partial charge on any atom is -0.393 e. The van der Waals surface area contributed by atoms with Crippen LogP contribution < -0.4 is 0 Å². The van der Waals surface area contributed by atoms with Gasteiger partial charge in [0.2, 0.25) is 5.91 Å². The SMILES string of the molecule is Cc1nn(-c2ccccc2)c(C)c1CC(=O)N(C)CCC(C)O. The Morgan fingerprint density at radius 3 is 2.57 bits per heavy atom. The van der Waals surface area contributed by atoms with Gasteiger partial charge in [-0.25, -0.2) is 4.68 Å². The van der Waals surface area contributed by atoms with E-state index >= 15 is 0 Å². The van der Waals surface area contributed by atoms with Crippen molar-refractivity contribution < 1.29 is 9.90 Å². The summed E-state index contributed by atoms with van der Waals surface area (Å²) in [5, 5.41) is 13.9. The van der Waals surface area contributed by atoms with Crippen LogP contribution in [0.5, 0.6) is 0 Å². The second-order valence-electron chi connectivity index (χ2n) is 6.03. The smallest absolute Gasteiger partial charge is 0.226 e. The average molecular weight is 315 g/mol. The lowest BCUT2D eigenvalue weighted by molar-refractivity contribution is -0.129. The van der Waals surface area contributed by atoms with Crippen LogP contribution in [0, 0.1) is 13.8 Å². The number of hydrogen-bond acceptors (Lipinski definition) is 3. The maximum Gasteiger partial charge on any atom is 0.226 e. The largest absolute Gasteiger partial charge is 0.393 e. The van der Waals surface area contributed by atoms with E-state index in [1.807, 2.05) is 48.9 Å². The van der Waals surface area contributed by atoms with Crippen LogP contribution in [0.4, 0.5) is 0 Å². The zero-order valence-corrected chi connectivity index (χ0v) is 14.3. The van der Waals surface area contributed by atoms with Crippen LogP contribution in [-0.2, 0) is 11.2 Å². The Bertz CT molecular complexity index is 662. The number of benzene rings is 1. The minimum atomic E-state index is -0.394. The van der Waals surface area contributed by atoms with Crippen LogP contribution >= 0.6 is 0 Å². The van der Waals surface area contributed by atoms with Gasteiger partial charge in [-0.3, -0.25) is 4.79 Å². The summed E-state index contributed by atoms with van der Waals surface area (Å²) in [6.07, 6.45) is 0.527. The zero-order valence-electron chi connectivity index (χ0n) is 14.3. The fraction of sp³-hybridized carbons (Fsp3) is 0.444. The van der Waals surface area contributed by atoms with E-state index in [0.29, 0.717) is 19.4 Å². The number of nitrogens with zero attached hydrogens (tertiary/aromatic N) is 3. The molecule has 1 aromatic heterocycles. The highest BCUT2D eigenvalue weighted by atomic mass is 16.3. The molecular weight excluding hydrogens is 290 g/mol. The molecule has 0 aliphatic rings. The van der Waals surface area contributed by atoms with Crippen LogP contribution in [0.1, 0.15) is 30.3 Å². The molecule has 1 heterocycles. The number of carbonyl (C=O) groups is 1. The van der Waals surface area contributed by atoms with Crippen LogP contribution in [0.2, 0.25) is 0 Å². The molecular formula is C18H25N3O2. The number of likely N-dealkylation sites (N-methyl/N-ethyl adjacent to an activating group) is 1. The summed E-state index contributed by atoms with van der Waals surface area (Å²) in [6.45, 7) is 6.22. The Balaban J connectivity index is 2.15. The first kappa shape index (κ1) is 17.2. The molecule has 0 spiro atoms. The summed E-state index contributed by atoms with van der Waals surface area (Å²) >= 11 is 0. The number of para-hydroxylation sites is 1. The standard InChI is InChI=1S/C18H25N3O2/c1-13(22)10-11-20(4)18(23)12-17-14(2)19-21(15(17)3)16-8-6-5-7-9-16/h5-9,13,22H,10-12H2,1-4H3. The lowest BCUT2D eigenvalue weighted by Crippen LogP contribution is -2.31. The third kappa shape index (κ3) is 4.20. The first-order valence-corrected chi connectivity index (χ1v) is 7.92. The second kappa shape index (κ2) is 7.42. The molecule has 1 atom stereocenters. The van der Waals surface area contributed by atoms with Crippen LogP contribution in [0.25, 0.3) is 5.69 Å². The Morgan fingerprint density at radius 2 is 1.96 bits per heavy atom. The molecule has 1 N–H and O–H groups in total. The average Bonchev–Trinajstić information content (AvgIpc) is 2.81. The number of aliphatic hydroxyl groups excluding tert-OH is 1. The molecule has 0 fully saturated rings. The highest BCUT2D eigenvalue weighted by Crippen LogP contribution is 2.19. The predicted octanol–water partition coefficient (Wildman–Crippen LogP) is 2.26. The van der Waals surface area contributed by atoms with Crippen molar-refractivity contribution in [1.82, 2.24) is 14.7 Å². The van der Waals surface area contributed by atoms with Gasteiger partial charge in [-0.15, -0.1) is 0 Å². The third-order valence-corrected chi connectivity index (χ3v) is 4.08. The van der Waals surface area contributed by atoms with Gasteiger partial charge in [0.15, 0.2) is 0 Å². The van der Waals surface area contributed by atoms with E-state index in [-0.39, 0.29) is 5.91 Å². The topological polar surface area (TPSA) is 58.4 Å². The Labute approximate surface area is 137 Å². The molecule has 1 aromatic carbocycles. The Morgan fingerprint density at radius 1 is 1.30 bits per heavy atom. The Kier molecular flexibility index (Phi) is 5.55. The lowest BCUT2D eigenvalue weighted by atomic mass is 10.1.